The van der Waals surface area contributed by atoms with Crippen LogP contribution in [-0.2, 0) is 26.2 Å². The molecule has 0 saturated heterocycles. The van der Waals surface area contributed by atoms with Crippen molar-refractivity contribution in [3.8, 4) is 0 Å². The summed E-state index contributed by atoms with van der Waals surface area (Å²) in [4.78, 5) is 21.4. The summed E-state index contributed by atoms with van der Waals surface area (Å²) in [5.41, 5.74) is 1.40. The zero-order chi connectivity index (χ0) is 19.8. The van der Waals surface area contributed by atoms with E-state index in [1.54, 1.807) is 19.0 Å². The largest absolute Gasteiger partial charge is 0.416 e. The van der Waals surface area contributed by atoms with Crippen molar-refractivity contribution in [2.45, 2.75) is 32.5 Å². The Labute approximate surface area is 153 Å². The summed E-state index contributed by atoms with van der Waals surface area (Å²) < 4.78 is 39.5. The van der Waals surface area contributed by atoms with Crippen LogP contribution in [0.1, 0.15) is 30.2 Å². The summed E-state index contributed by atoms with van der Waals surface area (Å²) in [6, 6.07) is 4.93. The van der Waals surface area contributed by atoms with Crippen molar-refractivity contribution in [1.29, 1.82) is 0 Å². The highest BCUT2D eigenvalue weighted by atomic mass is 19.4. The number of alkyl halides is 3. The second-order valence-corrected chi connectivity index (χ2v) is 6.46. The number of fused-ring (bicyclic) bond motifs is 1. The SMILES string of the molecule is CCCc1nn(C)c2c(=O)[nH]c(N(C)Cc3ccc(C(F)(F)F)cc3)nc12. The maximum absolute atomic E-state index is 12.7. The number of anilines is 1. The molecule has 0 amide bonds. The molecule has 9 heteroatoms. The van der Waals surface area contributed by atoms with E-state index in [1.165, 1.54) is 16.8 Å². The molecule has 0 atom stereocenters. The Bertz CT molecular complexity index is 1000. The van der Waals surface area contributed by atoms with Crippen LogP contribution in [0.3, 0.4) is 0 Å². The van der Waals surface area contributed by atoms with E-state index in [0.29, 0.717) is 35.5 Å². The summed E-state index contributed by atoms with van der Waals surface area (Å²) in [6.07, 6.45) is -2.79. The molecule has 0 unspecified atom stereocenters. The van der Waals surface area contributed by atoms with E-state index >= 15 is 0 Å². The number of aromatic nitrogens is 4. The van der Waals surface area contributed by atoms with Crippen molar-refractivity contribution in [2.75, 3.05) is 11.9 Å². The molecular weight excluding hydrogens is 359 g/mol. The number of rotatable bonds is 5. The Morgan fingerprint density at radius 1 is 1.22 bits per heavy atom. The minimum Gasteiger partial charge on any atom is -0.341 e. The first-order chi connectivity index (χ1) is 12.7. The van der Waals surface area contributed by atoms with Crippen molar-refractivity contribution >= 4 is 17.0 Å². The van der Waals surface area contributed by atoms with Crippen molar-refractivity contribution in [3.63, 3.8) is 0 Å². The van der Waals surface area contributed by atoms with Crippen molar-refractivity contribution in [3.05, 3.63) is 51.4 Å². The van der Waals surface area contributed by atoms with E-state index in [9.17, 15) is 18.0 Å². The highest BCUT2D eigenvalue weighted by Crippen LogP contribution is 2.29. The Kier molecular flexibility index (Phi) is 4.95. The maximum atomic E-state index is 12.7. The van der Waals surface area contributed by atoms with Crippen LogP contribution in [0.5, 0.6) is 0 Å². The molecule has 3 rings (SSSR count). The number of aryl methyl sites for hydroxylation is 2. The lowest BCUT2D eigenvalue weighted by atomic mass is 10.1. The second-order valence-electron chi connectivity index (χ2n) is 6.46. The summed E-state index contributed by atoms with van der Waals surface area (Å²) in [5, 5.41) is 4.37. The molecule has 0 aliphatic rings. The van der Waals surface area contributed by atoms with E-state index < -0.39 is 11.7 Å². The number of halogens is 3. The zero-order valence-corrected chi connectivity index (χ0v) is 15.3. The van der Waals surface area contributed by atoms with Crippen molar-refractivity contribution in [2.24, 2.45) is 7.05 Å². The normalized spacial score (nSPS) is 11.9. The summed E-state index contributed by atoms with van der Waals surface area (Å²) in [7, 11) is 3.42. The molecule has 1 N–H and O–H groups in total. The quantitative estimate of drug-likeness (QED) is 0.739. The Hall–Kier alpha value is -2.84. The van der Waals surface area contributed by atoms with Gasteiger partial charge in [-0.1, -0.05) is 25.5 Å². The average Bonchev–Trinajstić information content (AvgIpc) is 2.91. The number of hydrogen-bond donors (Lipinski definition) is 1. The third kappa shape index (κ3) is 3.81. The average molecular weight is 379 g/mol. The van der Waals surface area contributed by atoms with Gasteiger partial charge in [0.25, 0.3) is 5.56 Å². The molecular formula is C18H20F3N5O. The molecule has 2 aromatic heterocycles. The molecule has 0 radical (unpaired) electrons. The molecule has 0 saturated carbocycles. The predicted octanol–water partition coefficient (Wildman–Crippen LogP) is 3.26. The molecule has 0 aliphatic heterocycles. The van der Waals surface area contributed by atoms with Crippen LogP contribution in [0.15, 0.2) is 29.1 Å². The molecule has 3 aromatic rings. The third-order valence-electron chi connectivity index (χ3n) is 4.30. The van der Waals surface area contributed by atoms with E-state index in [-0.39, 0.29) is 5.56 Å². The first kappa shape index (κ1) is 18.9. The van der Waals surface area contributed by atoms with Crippen LogP contribution < -0.4 is 10.5 Å². The minimum absolute atomic E-state index is 0.299. The van der Waals surface area contributed by atoms with Crippen molar-refractivity contribution < 1.29 is 13.2 Å². The molecule has 0 fully saturated rings. The maximum Gasteiger partial charge on any atom is 0.416 e. The Balaban J connectivity index is 1.90. The number of aromatic amines is 1. The summed E-state index contributed by atoms with van der Waals surface area (Å²) in [6.45, 7) is 2.32. The standard InChI is InChI=1S/C18H20F3N5O/c1-4-5-13-14-15(26(3)24-13)16(27)23-17(22-14)25(2)10-11-6-8-12(9-7-11)18(19,20)21/h6-9H,4-5,10H2,1-3H3,(H,22,23,27). The smallest absolute Gasteiger partial charge is 0.341 e. The number of nitrogens with zero attached hydrogens (tertiary/aromatic N) is 4. The summed E-state index contributed by atoms with van der Waals surface area (Å²) >= 11 is 0. The molecule has 2 heterocycles. The van der Waals surface area contributed by atoms with E-state index in [0.717, 1.165) is 24.2 Å². The van der Waals surface area contributed by atoms with E-state index in [4.69, 9.17) is 0 Å². The van der Waals surface area contributed by atoms with Gasteiger partial charge in [0.1, 0.15) is 5.52 Å². The fraction of sp³-hybridized carbons (Fsp3) is 0.389. The van der Waals surface area contributed by atoms with Gasteiger partial charge < -0.3 is 4.90 Å². The van der Waals surface area contributed by atoms with Gasteiger partial charge in [-0.2, -0.15) is 18.3 Å². The first-order valence-electron chi connectivity index (χ1n) is 8.54. The van der Waals surface area contributed by atoms with Gasteiger partial charge in [-0.15, -0.1) is 0 Å². The van der Waals surface area contributed by atoms with Gasteiger partial charge in [0.05, 0.1) is 11.3 Å². The lowest BCUT2D eigenvalue weighted by Gasteiger charge is -2.18. The molecule has 0 spiro atoms. The fourth-order valence-corrected chi connectivity index (χ4v) is 2.97. The number of benzene rings is 1. The minimum atomic E-state index is -4.36. The van der Waals surface area contributed by atoms with Crippen LogP contribution in [0.2, 0.25) is 0 Å². The fourth-order valence-electron chi connectivity index (χ4n) is 2.97. The Morgan fingerprint density at radius 2 is 1.89 bits per heavy atom. The summed E-state index contributed by atoms with van der Waals surface area (Å²) in [5.74, 6) is 0.345. The van der Waals surface area contributed by atoms with Crippen LogP contribution in [0.25, 0.3) is 11.0 Å². The van der Waals surface area contributed by atoms with Gasteiger partial charge >= 0.3 is 6.18 Å². The topological polar surface area (TPSA) is 66.8 Å². The van der Waals surface area contributed by atoms with Crippen LogP contribution in [0, 0.1) is 0 Å². The lowest BCUT2D eigenvalue weighted by Crippen LogP contribution is -2.23. The zero-order valence-electron chi connectivity index (χ0n) is 15.3. The van der Waals surface area contributed by atoms with Gasteiger partial charge in [0.15, 0.2) is 5.52 Å². The second kappa shape index (κ2) is 7.05. The van der Waals surface area contributed by atoms with Gasteiger partial charge in [-0.05, 0) is 24.1 Å². The predicted molar refractivity (Wildman–Crippen MR) is 96.7 cm³/mol. The first-order valence-corrected chi connectivity index (χ1v) is 8.54. The van der Waals surface area contributed by atoms with Crippen LogP contribution in [-0.4, -0.2) is 26.8 Å². The lowest BCUT2D eigenvalue weighted by molar-refractivity contribution is -0.137. The van der Waals surface area contributed by atoms with Gasteiger partial charge in [-0.3, -0.25) is 14.5 Å². The molecule has 0 aliphatic carbocycles. The third-order valence-corrected chi connectivity index (χ3v) is 4.30. The molecule has 6 nitrogen and oxygen atoms in total. The highest BCUT2D eigenvalue weighted by Gasteiger charge is 2.30. The van der Waals surface area contributed by atoms with Crippen LogP contribution >= 0.6 is 0 Å². The number of nitrogens with one attached hydrogen (secondary N) is 1. The molecule has 0 bridgehead atoms. The Morgan fingerprint density at radius 3 is 2.48 bits per heavy atom. The van der Waals surface area contributed by atoms with Gasteiger partial charge in [-0.25, -0.2) is 4.98 Å². The molecule has 1 aromatic carbocycles. The van der Waals surface area contributed by atoms with E-state index in [2.05, 4.69) is 15.1 Å². The number of H-pyrrole nitrogens is 1. The molecule has 144 valence electrons. The van der Waals surface area contributed by atoms with Gasteiger partial charge in [0, 0.05) is 20.6 Å². The van der Waals surface area contributed by atoms with Crippen molar-refractivity contribution in [1.82, 2.24) is 19.7 Å². The number of hydrogen-bond acceptors (Lipinski definition) is 4. The van der Waals surface area contributed by atoms with E-state index in [1.807, 2.05) is 6.92 Å². The van der Waals surface area contributed by atoms with Gasteiger partial charge in [0.2, 0.25) is 5.95 Å². The monoisotopic (exact) mass is 379 g/mol. The highest BCUT2D eigenvalue weighted by molar-refractivity contribution is 5.77. The molecule has 27 heavy (non-hydrogen) atoms. The van der Waals surface area contributed by atoms with Crippen LogP contribution in [0.4, 0.5) is 19.1 Å².